The summed E-state index contributed by atoms with van der Waals surface area (Å²) in [6.45, 7) is 6.14. The number of methoxy groups -OCH3 is 1. The van der Waals surface area contributed by atoms with Crippen LogP contribution in [0.25, 0.3) is 0 Å². The van der Waals surface area contributed by atoms with Crippen molar-refractivity contribution in [2.24, 2.45) is 0 Å². The first-order chi connectivity index (χ1) is 12.3. The number of nitrogens with one attached hydrogen (secondary N) is 1. The van der Waals surface area contributed by atoms with E-state index >= 15 is 0 Å². The standard InChI is InChI=1S/C22H31NO2/c1-4-14-23-20(5-2)16-19-11-12-21(24-3)22(17-19)25-15-13-18-9-7-6-8-10-18/h6-12,17,20,23H,4-5,13-16H2,1-3H3/t20-/m0/s1. The van der Waals surface area contributed by atoms with Gasteiger partial charge in [0.05, 0.1) is 13.7 Å². The van der Waals surface area contributed by atoms with Gasteiger partial charge in [0.1, 0.15) is 0 Å². The summed E-state index contributed by atoms with van der Waals surface area (Å²) < 4.78 is 11.5. The molecule has 3 heteroatoms. The largest absolute Gasteiger partial charge is 0.493 e. The maximum Gasteiger partial charge on any atom is 0.161 e. The highest BCUT2D eigenvalue weighted by Gasteiger charge is 2.10. The predicted molar refractivity (Wildman–Crippen MR) is 105 cm³/mol. The monoisotopic (exact) mass is 341 g/mol. The summed E-state index contributed by atoms with van der Waals surface area (Å²) in [5.41, 5.74) is 2.57. The molecule has 0 saturated carbocycles. The molecule has 25 heavy (non-hydrogen) atoms. The van der Waals surface area contributed by atoms with Crippen LogP contribution in [0.5, 0.6) is 11.5 Å². The van der Waals surface area contributed by atoms with E-state index in [0.29, 0.717) is 12.6 Å². The van der Waals surface area contributed by atoms with E-state index in [1.54, 1.807) is 7.11 Å². The van der Waals surface area contributed by atoms with Crippen LogP contribution in [-0.2, 0) is 12.8 Å². The summed E-state index contributed by atoms with van der Waals surface area (Å²) in [6, 6.07) is 17.2. The molecule has 1 N–H and O–H groups in total. The maximum atomic E-state index is 6.02. The van der Waals surface area contributed by atoms with Crippen molar-refractivity contribution in [3.63, 3.8) is 0 Å². The summed E-state index contributed by atoms with van der Waals surface area (Å²) in [5.74, 6) is 1.63. The zero-order valence-corrected chi connectivity index (χ0v) is 15.8. The fourth-order valence-electron chi connectivity index (χ4n) is 2.88. The summed E-state index contributed by atoms with van der Waals surface area (Å²) in [6.07, 6.45) is 4.18. The van der Waals surface area contributed by atoms with Gasteiger partial charge in [0, 0.05) is 12.5 Å². The topological polar surface area (TPSA) is 30.5 Å². The van der Waals surface area contributed by atoms with Gasteiger partial charge >= 0.3 is 0 Å². The predicted octanol–water partition coefficient (Wildman–Crippen LogP) is 4.64. The average Bonchev–Trinajstić information content (AvgIpc) is 2.66. The summed E-state index contributed by atoms with van der Waals surface area (Å²) in [7, 11) is 1.69. The minimum atomic E-state index is 0.505. The van der Waals surface area contributed by atoms with Gasteiger partial charge in [-0.05, 0) is 49.1 Å². The second-order valence-corrected chi connectivity index (χ2v) is 6.33. The number of benzene rings is 2. The molecule has 0 saturated heterocycles. The van der Waals surface area contributed by atoms with Gasteiger partial charge in [-0.1, -0.05) is 50.2 Å². The molecule has 0 heterocycles. The molecule has 0 fully saturated rings. The first kappa shape index (κ1) is 19.3. The molecule has 2 aromatic carbocycles. The van der Waals surface area contributed by atoms with Gasteiger partial charge in [-0.2, -0.15) is 0 Å². The van der Waals surface area contributed by atoms with Crippen LogP contribution in [-0.4, -0.2) is 26.3 Å². The van der Waals surface area contributed by atoms with Crippen LogP contribution >= 0.6 is 0 Å². The molecular weight excluding hydrogens is 310 g/mol. The van der Waals surface area contributed by atoms with Gasteiger partial charge in [-0.15, -0.1) is 0 Å². The second kappa shape index (κ2) is 10.8. The Morgan fingerprint density at radius 2 is 1.76 bits per heavy atom. The Morgan fingerprint density at radius 3 is 2.44 bits per heavy atom. The molecule has 0 radical (unpaired) electrons. The van der Waals surface area contributed by atoms with E-state index in [-0.39, 0.29) is 0 Å². The van der Waals surface area contributed by atoms with E-state index in [2.05, 4.69) is 55.6 Å². The van der Waals surface area contributed by atoms with Gasteiger partial charge < -0.3 is 14.8 Å². The van der Waals surface area contributed by atoms with Crippen LogP contribution in [0.3, 0.4) is 0 Å². The van der Waals surface area contributed by atoms with Crippen LogP contribution < -0.4 is 14.8 Å². The Bertz CT molecular complexity index is 613. The molecule has 2 aromatic rings. The van der Waals surface area contributed by atoms with Crippen molar-refractivity contribution in [1.29, 1.82) is 0 Å². The lowest BCUT2D eigenvalue weighted by Crippen LogP contribution is -2.31. The van der Waals surface area contributed by atoms with Gasteiger partial charge in [0.25, 0.3) is 0 Å². The zero-order valence-electron chi connectivity index (χ0n) is 15.8. The third-order valence-electron chi connectivity index (χ3n) is 4.38. The highest BCUT2D eigenvalue weighted by Crippen LogP contribution is 2.29. The van der Waals surface area contributed by atoms with Crippen LogP contribution in [0.15, 0.2) is 48.5 Å². The van der Waals surface area contributed by atoms with Gasteiger partial charge in [0.2, 0.25) is 0 Å². The van der Waals surface area contributed by atoms with Crippen molar-refractivity contribution in [2.45, 2.75) is 45.6 Å². The third kappa shape index (κ3) is 6.43. The normalized spacial score (nSPS) is 12.0. The lowest BCUT2D eigenvalue weighted by atomic mass is 10.0. The van der Waals surface area contributed by atoms with Crippen molar-refractivity contribution in [3.8, 4) is 11.5 Å². The first-order valence-corrected chi connectivity index (χ1v) is 9.33. The Labute approximate surface area is 152 Å². The zero-order chi connectivity index (χ0) is 17.9. The molecule has 136 valence electrons. The lowest BCUT2D eigenvalue weighted by molar-refractivity contribution is 0.297. The van der Waals surface area contributed by atoms with E-state index in [0.717, 1.165) is 43.7 Å². The van der Waals surface area contributed by atoms with Crippen molar-refractivity contribution < 1.29 is 9.47 Å². The Hall–Kier alpha value is -2.00. The van der Waals surface area contributed by atoms with Gasteiger partial charge in [-0.3, -0.25) is 0 Å². The van der Waals surface area contributed by atoms with Crippen LogP contribution in [0.2, 0.25) is 0 Å². The van der Waals surface area contributed by atoms with Crippen molar-refractivity contribution in [3.05, 3.63) is 59.7 Å². The van der Waals surface area contributed by atoms with Crippen LogP contribution in [0.1, 0.15) is 37.8 Å². The van der Waals surface area contributed by atoms with Crippen LogP contribution in [0, 0.1) is 0 Å². The fraction of sp³-hybridized carbons (Fsp3) is 0.455. The van der Waals surface area contributed by atoms with Gasteiger partial charge in [0.15, 0.2) is 11.5 Å². The number of hydrogen-bond donors (Lipinski definition) is 1. The highest BCUT2D eigenvalue weighted by molar-refractivity contribution is 5.43. The Kier molecular flexibility index (Phi) is 8.33. The molecule has 0 unspecified atom stereocenters. The molecule has 0 aliphatic carbocycles. The molecule has 2 rings (SSSR count). The summed E-state index contributed by atoms with van der Waals surface area (Å²) in [5, 5.41) is 3.61. The van der Waals surface area contributed by atoms with E-state index in [1.807, 2.05) is 12.1 Å². The Balaban J connectivity index is 1.98. The molecule has 0 aliphatic rings. The average molecular weight is 341 g/mol. The quantitative estimate of drug-likeness (QED) is 0.646. The van der Waals surface area contributed by atoms with Crippen molar-refractivity contribution >= 4 is 0 Å². The summed E-state index contributed by atoms with van der Waals surface area (Å²) in [4.78, 5) is 0. The highest BCUT2D eigenvalue weighted by atomic mass is 16.5. The van der Waals surface area contributed by atoms with Crippen molar-refractivity contribution in [2.75, 3.05) is 20.3 Å². The van der Waals surface area contributed by atoms with E-state index < -0.39 is 0 Å². The molecule has 0 bridgehead atoms. The number of ether oxygens (including phenoxy) is 2. The lowest BCUT2D eigenvalue weighted by Gasteiger charge is -2.18. The van der Waals surface area contributed by atoms with Crippen molar-refractivity contribution in [1.82, 2.24) is 5.32 Å². The first-order valence-electron chi connectivity index (χ1n) is 9.33. The minimum Gasteiger partial charge on any atom is -0.493 e. The maximum absolute atomic E-state index is 6.02. The number of rotatable bonds is 11. The Morgan fingerprint density at radius 1 is 0.960 bits per heavy atom. The molecule has 0 aromatic heterocycles. The molecule has 1 atom stereocenters. The minimum absolute atomic E-state index is 0.505. The molecule has 3 nitrogen and oxygen atoms in total. The fourth-order valence-corrected chi connectivity index (χ4v) is 2.88. The van der Waals surface area contributed by atoms with E-state index in [1.165, 1.54) is 11.1 Å². The van der Waals surface area contributed by atoms with E-state index in [4.69, 9.17) is 9.47 Å². The van der Waals surface area contributed by atoms with Gasteiger partial charge in [-0.25, -0.2) is 0 Å². The smallest absolute Gasteiger partial charge is 0.161 e. The molecule has 0 aliphatic heterocycles. The molecule has 0 spiro atoms. The van der Waals surface area contributed by atoms with Crippen LogP contribution in [0.4, 0.5) is 0 Å². The summed E-state index contributed by atoms with van der Waals surface area (Å²) >= 11 is 0. The third-order valence-corrected chi connectivity index (χ3v) is 4.38. The molecular formula is C22H31NO2. The number of hydrogen-bond acceptors (Lipinski definition) is 3. The van der Waals surface area contributed by atoms with E-state index in [9.17, 15) is 0 Å². The second-order valence-electron chi connectivity index (χ2n) is 6.33. The molecule has 0 amide bonds. The SMILES string of the molecule is CCCN[C@@H](CC)Cc1ccc(OC)c(OCCc2ccccc2)c1.